The van der Waals surface area contributed by atoms with E-state index in [0.29, 0.717) is 47.9 Å². The molecule has 0 saturated carbocycles. The molecule has 0 bridgehead atoms. The maximum absolute atomic E-state index is 15.4. The van der Waals surface area contributed by atoms with Gasteiger partial charge in [-0.25, -0.2) is 14.2 Å². The normalized spacial score (nSPS) is 18.3. The first-order valence-electron chi connectivity index (χ1n) is 17.3. The van der Waals surface area contributed by atoms with Crippen LogP contribution < -0.4 is 26.1 Å². The number of nitrogens with one attached hydrogen (secondary N) is 2. The second kappa shape index (κ2) is 13.6. The van der Waals surface area contributed by atoms with Crippen molar-refractivity contribution in [1.29, 1.82) is 0 Å². The summed E-state index contributed by atoms with van der Waals surface area (Å²) >= 11 is 6.49. The van der Waals surface area contributed by atoms with Gasteiger partial charge >= 0.3 is 5.69 Å². The Labute approximate surface area is 308 Å². The molecule has 3 amide bonds. The largest absolute Gasteiger partial charge is 0.390 e. The van der Waals surface area contributed by atoms with Crippen LogP contribution in [0.2, 0.25) is 5.02 Å². The number of halogens is 2. The number of rotatable bonds is 9. The number of imidazole rings is 1. The first-order chi connectivity index (χ1) is 25.1. The van der Waals surface area contributed by atoms with E-state index >= 15 is 4.39 Å². The highest BCUT2D eigenvalue weighted by Crippen LogP contribution is 2.34. The molecule has 0 spiro atoms. The van der Waals surface area contributed by atoms with Crippen molar-refractivity contribution in [3.63, 3.8) is 0 Å². The SMILES string of the molecule is CN(c1ncc(Cl)c(Nc2cc(F)c3c(c2)n(CCC(C)(C)O)c(=O)n3C)n1)[C@@H]1CCN(c2ccc3c(C4CCC(=O)NC4=O)nn(C)c3c2)C(=O)C1. The summed E-state index contributed by atoms with van der Waals surface area (Å²) in [5, 5.41) is 21.3. The number of amides is 3. The van der Waals surface area contributed by atoms with Crippen LogP contribution in [0.25, 0.3) is 21.9 Å². The number of aryl methyl sites for hydroxylation is 3. The van der Waals surface area contributed by atoms with Crippen LogP contribution in [-0.2, 0) is 35.0 Å². The molecule has 3 aromatic heterocycles. The molecule has 0 aliphatic carbocycles. The number of imide groups is 1. The fraction of sp³-hybridized carbons (Fsp3) is 0.417. The minimum atomic E-state index is -1.02. The molecule has 0 radical (unpaired) electrons. The van der Waals surface area contributed by atoms with Crippen LogP contribution in [0.1, 0.15) is 57.6 Å². The zero-order valence-corrected chi connectivity index (χ0v) is 30.7. The molecule has 17 heteroatoms. The zero-order valence-electron chi connectivity index (χ0n) is 30.0. The van der Waals surface area contributed by atoms with E-state index in [2.05, 4.69) is 25.7 Å². The summed E-state index contributed by atoms with van der Waals surface area (Å²) in [6, 6.07) is 8.28. The summed E-state index contributed by atoms with van der Waals surface area (Å²) in [5.41, 5.74) is 1.47. The van der Waals surface area contributed by atoms with Crippen molar-refractivity contribution in [3.8, 4) is 0 Å². The highest BCUT2D eigenvalue weighted by molar-refractivity contribution is 6.33. The first kappa shape index (κ1) is 36.0. The van der Waals surface area contributed by atoms with Crippen molar-refractivity contribution in [3.05, 3.63) is 63.5 Å². The topological polar surface area (TPSA) is 173 Å². The number of aliphatic hydroxyl groups is 1. The smallest absolute Gasteiger partial charge is 0.328 e. The van der Waals surface area contributed by atoms with Gasteiger partial charge in [0.1, 0.15) is 10.5 Å². The Morgan fingerprint density at radius 1 is 1.11 bits per heavy atom. The number of anilines is 4. The van der Waals surface area contributed by atoms with Gasteiger partial charge in [0.2, 0.25) is 23.7 Å². The predicted molar refractivity (Wildman–Crippen MR) is 198 cm³/mol. The maximum atomic E-state index is 15.4. The lowest BCUT2D eigenvalue weighted by Crippen LogP contribution is -2.47. The Morgan fingerprint density at radius 3 is 2.60 bits per heavy atom. The summed E-state index contributed by atoms with van der Waals surface area (Å²) in [6.07, 6.45) is 3.16. The lowest BCUT2D eigenvalue weighted by molar-refractivity contribution is -0.134. The molecule has 5 aromatic rings. The van der Waals surface area contributed by atoms with Gasteiger partial charge in [-0.2, -0.15) is 10.1 Å². The Morgan fingerprint density at radius 2 is 1.89 bits per heavy atom. The molecule has 53 heavy (non-hydrogen) atoms. The number of nitrogens with zero attached hydrogens (tertiary/aromatic N) is 8. The molecule has 3 N–H and O–H groups in total. The molecular formula is C36H40ClFN10O5. The zero-order chi connectivity index (χ0) is 37.9. The highest BCUT2D eigenvalue weighted by Gasteiger charge is 2.34. The maximum Gasteiger partial charge on any atom is 0.328 e. The molecular weight excluding hydrogens is 707 g/mol. The Hall–Kier alpha value is -5.35. The molecule has 15 nitrogen and oxygen atoms in total. The van der Waals surface area contributed by atoms with Gasteiger partial charge in [0.05, 0.1) is 34.4 Å². The van der Waals surface area contributed by atoms with Gasteiger partial charge in [0.15, 0.2) is 11.6 Å². The van der Waals surface area contributed by atoms with Gasteiger partial charge < -0.3 is 20.2 Å². The van der Waals surface area contributed by atoms with Crippen molar-refractivity contribution in [2.75, 3.05) is 28.7 Å². The van der Waals surface area contributed by atoms with Gasteiger partial charge in [-0.05, 0) is 63.4 Å². The summed E-state index contributed by atoms with van der Waals surface area (Å²) in [4.78, 5) is 63.4. The van der Waals surface area contributed by atoms with Crippen molar-refractivity contribution < 1.29 is 23.9 Å². The summed E-state index contributed by atoms with van der Waals surface area (Å²) in [5.74, 6) is -1.34. The van der Waals surface area contributed by atoms with Crippen LogP contribution >= 0.6 is 11.6 Å². The third-order valence-electron chi connectivity index (χ3n) is 10.1. The molecule has 2 fully saturated rings. The van der Waals surface area contributed by atoms with Crippen molar-refractivity contribution >= 4 is 74.4 Å². The minimum absolute atomic E-state index is 0.0883. The first-order valence-corrected chi connectivity index (χ1v) is 17.7. The highest BCUT2D eigenvalue weighted by atomic mass is 35.5. The minimum Gasteiger partial charge on any atom is -0.390 e. The predicted octanol–water partition coefficient (Wildman–Crippen LogP) is 3.87. The Balaban J connectivity index is 1.07. The molecule has 2 aliphatic rings. The molecule has 1 unspecified atom stereocenters. The van der Waals surface area contributed by atoms with E-state index in [0.717, 1.165) is 10.9 Å². The fourth-order valence-corrected chi connectivity index (χ4v) is 7.30. The van der Waals surface area contributed by atoms with Gasteiger partial charge in [-0.1, -0.05) is 11.6 Å². The lowest BCUT2D eigenvalue weighted by Gasteiger charge is -2.36. The monoisotopic (exact) mass is 746 g/mol. The van der Waals surface area contributed by atoms with Crippen molar-refractivity contribution in [1.82, 2.24) is 34.2 Å². The van der Waals surface area contributed by atoms with Crippen LogP contribution in [0.3, 0.4) is 0 Å². The average Bonchev–Trinajstić information content (AvgIpc) is 3.55. The number of aromatic nitrogens is 6. The molecule has 7 rings (SSSR count). The van der Waals surface area contributed by atoms with Crippen molar-refractivity contribution in [2.45, 2.75) is 70.1 Å². The van der Waals surface area contributed by atoms with E-state index < -0.39 is 23.0 Å². The van der Waals surface area contributed by atoms with E-state index in [1.54, 1.807) is 43.6 Å². The second-order valence-corrected chi connectivity index (χ2v) is 14.8. The Kier molecular flexibility index (Phi) is 9.22. The van der Waals surface area contributed by atoms with E-state index in [9.17, 15) is 24.3 Å². The molecule has 5 heterocycles. The van der Waals surface area contributed by atoms with Crippen LogP contribution in [0.5, 0.6) is 0 Å². The summed E-state index contributed by atoms with van der Waals surface area (Å²) in [7, 11) is 5.09. The van der Waals surface area contributed by atoms with Crippen LogP contribution in [0, 0.1) is 5.82 Å². The standard InChI is InChI=1S/C36H40ClFN10O5/c1-36(2,53)11-13-48-27-15-19(14-25(38)31(27)45(4)35(48)52)40-32-24(37)18-39-34(42-32)44(3)20-10-12-47(29(50)17-20)21-6-7-22-26(16-21)46(5)43-30(22)23-8-9-28(49)41-33(23)51/h6-7,14-16,18,20,23,53H,8-13,17H2,1-5H3,(H,39,40,42)(H,41,49,51)/t20-,23?/m1/s1. The number of carbonyl (C=O) groups excluding carboxylic acids is 3. The second-order valence-electron chi connectivity index (χ2n) is 14.4. The molecule has 2 aromatic carbocycles. The Bertz CT molecular complexity index is 2360. The van der Waals surface area contributed by atoms with Gasteiger partial charge in [0.25, 0.3) is 0 Å². The van der Waals surface area contributed by atoms with Gasteiger partial charge in [-0.15, -0.1) is 0 Å². The van der Waals surface area contributed by atoms with E-state index in [-0.39, 0.29) is 65.9 Å². The van der Waals surface area contributed by atoms with E-state index in [4.69, 9.17) is 11.6 Å². The number of hydrogen-bond acceptors (Lipinski definition) is 10. The summed E-state index contributed by atoms with van der Waals surface area (Å²) in [6.45, 7) is 3.91. The van der Waals surface area contributed by atoms with Crippen LogP contribution in [0.4, 0.5) is 27.5 Å². The number of hydrogen-bond donors (Lipinski definition) is 3. The van der Waals surface area contributed by atoms with E-state index in [1.165, 1.54) is 28.4 Å². The third-order valence-corrected chi connectivity index (χ3v) is 10.4. The quantitative estimate of drug-likeness (QED) is 0.188. The third kappa shape index (κ3) is 6.83. The van der Waals surface area contributed by atoms with Gasteiger partial charge in [-0.3, -0.25) is 33.5 Å². The fourth-order valence-electron chi connectivity index (χ4n) is 7.16. The molecule has 2 aliphatic heterocycles. The lowest BCUT2D eigenvalue weighted by atomic mass is 9.92. The number of piperidine rings is 2. The molecule has 2 atom stereocenters. The number of benzene rings is 2. The average molecular weight is 747 g/mol. The van der Waals surface area contributed by atoms with Crippen molar-refractivity contribution in [2.24, 2.45) is 14.1 Å². The van der Waals surface area contributed by atoms with Gasteiger partial charge in [0, 0.05) is 69.9 Å². The van der Waals surface area contributed by atoms with Crippen LogP contribution in [-0.4, -0.2) is 76.9 Å². The molecule has 278 valence electrons. The number of carbonyl (C=O) groups is 3. The van der Waals surface area contributed by atoms with E-state index in [1.807, 2.05) is 23.1 Å². The number of fused-ring (bicyclic) bond motifs is 2. The van der Waals surface area contributed by atoms with Crippen LogP contribution in [0.15, 0.2) is 41.3 Å². The summed E-state index contributed by atoms with van der Waals surface area (Å²) < 4.78 is 19.8. The molecule has 2 saturated heterocycles.